The molecule has 66 valence electrons. The average Bonchev–Trinajstić information content (AvgIpc) is 2.30. The quantitative estimate of drug-likeness (QED) is 0.540. The molecule has 0 aromatic carbocycles. The summed E-state index contributed by atoms with van der Waals surface area (Å²) < 4.78 is 18.7. The van der Waals surface area contributed by atoms with E-state index >= 15 is 0 Å². The molecule has 1 aliphatic heterocycles. The van der Waals surface area contributed by atoms with Gasteiger partial charge in [0.2, 0.25) is 0 Å². The predicted octanol–water partition coefficient (Wildman–Crippen LogP) is 2.59. The van der Waals surface area contributed by atoms with Crippen LogP contribution in [0, 0.1) is 5.92 Å². The molecule has 0 amide bonds. The second-order valence-corrected chi connectivity index (χ2v) is 3.66. The summed E-state index contributed by atoms with van der Waals surface area (Å²) in [6.07, 6.45) is 3.85. The molecule has 0 aromatic heterocycles. The summed E-state index contributed by atoms with van der Waals surface area (Å²) in [5, 5.41) is 0. The van der Waals surface area contributed by atoms with E-state index in [2.05, 4.69) is 0 Å². The first kappa shape index (κ1) is 7.84. The zero-order valence-electron chi connectivity index (χ0n) is 7.38. The van der Waals surface area contributed by atoms with E-state index in [1.807, 2.05) is 19.9 Å². The Hall–Kier alpha value is -0.790. The Bertz CT molecular complexity index is 229. The van der Waals surface area contributed by atoms with Crippen LogP contribution in [0.1, 0.15) is 20.3 Å². The summed E-state index contributed by atoms with van der Waals surface area (Å²) in [6.45, 7) is 3.88. The molecular weight excluding hydrogens is 155 g/mol. The molecule has 1 aliphatic carbocycles. The lowest BCUT2D eigenvalue weighted by molar-refractivity contribution is 0.174. The monoisotopic (exact) mass is 168 g/mol. The van der Waals surface area contributed by atoms with Gasteiger partial charge in [-0.3, -0.25) is 0 Å². The summed E-state index contributed by atoms with van der Waals surface area (Å²) in [4.78, 5) is 0. The van der Waals surface area contributed by atoms with Gasteiger partial charge in [0.25, 0.3) is 0 Å². The molecule has 12 heavy (non-hydrogen) atoms. The fourth-order valence-electron chi connectivity index (χ4n) is 1.72. The summed E-state index contributed by atoms with van der Waals surface area (Å²) in [5.74, 6) is 0.873. The van der Waals surface area contributed by atoms with Gasteiger partial charge in [-0.15, -0.1) is 0 Å². The largest absolute Gasteiger partial charge is 0.490 e. The maximum absolute atomic E-state index is 13.2. The first-order valence-corrected chi connectivity index (χ1v) is 4.40. The van der Waals surface area contributed by atoms with Crippen molar-refractivity contribution in [2.75, 3.05) is 0 Å². The van der Waals surface area contributed by atoms with E-state index < -0.39 is 6.17 Å². The van der Waals surface area contributed by atoms with Crippen molar-refractivity contribution in [2.45, 2.75) is 32.5 Å². The highest BCUT2D eigenvalue weighted by Gasteiger charge is 2.28. The number of hydrogen-bond donors (Lipinski definition) is 0. The van der Waals surface area contributed by atoms with E-state index in [4.69, 9.17) is 4.74 Å². The third-order valence-corrected chi connectivity index (χ3v) is 2.43. The molecule has 1 saturated heterocycles. The van der Waals surface area contributed by atoms with Crippen LogP contribution in [0.2, 0.25) is 0 Å². The van der Waals surface area contributed by atoms with Crippen LogP contribution in [0.15, 0.2) is 23.5 Å². The Morgan fingerprint density at radius 2 is 2.17 bits per heavy atom. The number of fused-ring (bicyclic) bond motifs is 1. The van der Waals surface area contributed by atoms with Gasteiger partial charge in [0.15, 0.2) is 0 Å². The van der Waals surface area contributed by atoms with Gasteiger partial charge in [-0.05, 0) is 24.6 Å². The van der Waals surface area contributed by atoms with E-state index in [0.29, 0.717) is 0 Å². The molecule has 0 saturated carbocycles. The maximum Gasteiger partial charge on any atom is 0.125 e. The number of alkyl halides is 1. The molecule has 2 unspecified atom stereocenters. The molecule has 2 aliphatic rings. The summed E-state index contributed by atoms with van der Waals surface area (Å²) >= 11 is 0. The van der Waals surface area contributed by atoms with Crippen LogP contribution in [0.4, 0.5) is 4.39 Å². The minimum absolute atomic E-state index is 0.0333. The van der Waals surface area contributed by atoms with Crippen molar-refractivity contribution in [1.29, 1.82) is 0 Å². The van der Waals surface area contributed by atoms with Gasteiger partial charge < -0.3 is 4.74 Å². The first-order valence-electron chi connectivity index (χ1n) is 4.40. The minimum Gasteiger partial charge on any atom is -0.490 e. The van der Waals surface area contributed by atoms with Gasteiger partial charge >= 0.3 is 0 Å². The lowest BCUT2D eigenvalue weighted by atomic mass is 9.94. The Balaban J connectivity index is 2.27. The van der Waals surface area contributed by atoms with Crippen LogP contribution in [0.25, 0.3) is 0 Å². The predicted molar refractivity (Wildman–Crippen MR) is 45.4 cm³/mol. The zero-order chi connectivity index (χ0) is 8.72. The maximum atomic E-state index is 13.2. The van der Waals surface area contributed by atoms with Crippen molar-refractivity contribution in [2.24, 2.45) is 5.92 Å². The van der Waals surface area contributed by atoms with Crippen molar-refractivity contribution in [3.8, 4) is 0 Å². The van der Waals surface area contributed by atoms with E-state index in [1.165, 1.54) is 0 Å². The molecule has 0 bridgehead atoms. The minimum atomic E-state index is -0.822. The molecule has 0 spiro atoms. The van der Waals surface area contributed by atoms with Gasteiger partial charge in [-0.2, -0.15) is 0 Å². The molecule has 0 aromatic rings. The number of rotatable bonds is 0. The molecule has 1 nitrogen and oxygen atoms in total. The highest BCUT2D eigenvalue weighted by atomic mass is 19.1. The topological polar surface area (TPSA) is 9.23 Å². The van der Waals surface area contributed by atoms with Crippen LogP contribution in [-0.2, 0) is 4.74 Å². The van der Waals surface area contributed by atoms with Crippen LogP contribution in [0.3, 0.4) is 0 Å². The summed E-state index contributed by atoms with van der Waals surface area (Å²) in [7, 11) is 0. The molecule has 1 fully saturated rings. The fraction of sp³-hybridized carbons (Fsp3) is 0.600. The second-order valence-electron chi connectivity index (χ2n) is 3.66. The van der Waals surface area contributed by atoms with Crippen molar-refractivity contribution >= 4 is 0 Å². The third kappa shape index (κ3) is 1.15. The number of allylic oxidation sites excluding steroid dienone is 3. The summed E-state index contributed by atoms with van der Waals surface area (Å²) in [6, 6.07) is 0. The van der Waals surface area contributed by atoms with Crippen LogP contribution >= 0.6 is 0 Å². The standard InChI is InChI=1S/C10H13FO/c1-6-3-10-8(5-9(6)11)4-7(2)12-10/h3,5-7,9H,4H2,1-2H3/t6?,7-,9?/m1/s1. The molecule has 0 radical (unpaired) electrons. The lowest BCUT2D eigenvalue weighted by Crippen LogP contribution is -2.12. The Kier molecular flexibility index (Phi) is 1.71. The Morgan fingerprint density at radius 1 is 1.42 bits per heavy atom. The average molecular weight is 168 g/mol. The second kappa shape index (κ2) is 2.61. The van der Waals surface area contributed by atoms with Gasteiger partial charge in [-0.1, -0.05) is 6.92 Å². The van der Waals surface area contributed by atoms with Crippen molar-refractivity contribution in [3.63, 3.8) is 0 Å². The van der Waals surface area contributed by atoms with Crippen LogP contribution in [0.5, 0.6) is 0 Å². The Labute approximate surface area is 71.9 Å². The molecule has 1 heterocycles. The van der Waals surface area contributed by atoms with Crippen molar-refractivity contribution in [3.05, 3.63) is 23.5 Å². The van der Waals surface area contributed by atoms with Gasteiger partial charge in [0, 0.05) is 12.3 Å². The van der Waals surface area contributed by atoms with E-state index in [0.717, 1.165) is 17.8 Å². The summed E-state index contributed by atoms with van der Waals surface area (Å²) in [5.41, 5.74) is 1.05. The molecule has 0 N–H and O–H groups in total. The van der Waals surface area contributed by atoms with E-state index in [9.17, 15) is 4.39 Å². The smallest absolute Gasteiger partial charge is 0.125 e. The van der Waals surface area contributed by atoms with Gasteiger partial charge in [0.1, 0.15) is 18.0 Å². The van der Waals surface area contributed by atoms with Crippen LogP contribution in [-0.4, -0.2) is 12.3 Å². The zero-order valence-corrected chi connectivity index (χ0v) is 7.38. The molecule has 3 atom stereocenters. The molecule has 2 rings (SSSR count). The molecular formula is C10H13FO. The van der Waals surface area contributed by atoms with E-state index in [1.54, 1.807) is 6.08 Å². The number of ether oxygens (including phenoxy) is 1. The highest BCUT2D eigenvalue weighted by Crippen LogP contribution is 2.35. The lowest BCUT2D eigenvalue weighted by Gasteiger charge is -2.16. The van der Waals surface area contributed by atoms with Crippen molar-refractivity contribution in [1.82, 2.24) is 0 Å². The van der Waals surface area contributed by atoms with Crippen LogP contribution < -0.4 is 0 Å². The van der Waals surface area contributed by atoms with Gasteiger partial charge in [0.05, 0.1) is 0 Å². The highest BCUT2D eigenvalue weighted by molar-refractivity contribution is 5.35. The molecule has 2 heteroatoms. The number of hydrogen-bond acceptors (Lipinski definition) is 1. The first-order chi connectivity index (χ1) is 5.66. The Morgan fingerprint density at radius 3 is 2.92 bits per heavy atom. The third-order valence-electron chi connectivity index (χ3n) is 2.43. The fourth-order valence-corrected chi connectivity index (χ4v) is 1.72. The normalized spacial score (nSPS) is 39.8. The van der Waals surface area contributed by atoms with E-state index in [-0.39, 0.29) is 12.0 Å². The number of halogens is 1. The van der Waals surface area contributed by atoms with Crippen molar-refractivity contribution < 1.29 is 9.13 Å². The SMILES string of the molecule is CC1C=C2O[C@H](C)CC2=CC1F. The van der Waals surface area contributed by atoms with Gasteiger partial charge in [-0.25, -0.2) is 4.39 Å².